The summed E-state index contributed by atoms with van der Waals surface area (Å²) in [4.78, 5) is 11.6. The highest BCUT2D eigenvalue weighted by Crippen LogP contribution is 2.29. The van der Waals surface area contributed by atoms with Crippen molar-refractivity contribution in [2.24, 2.45) is 0 Å². The molecule has 1 aliphatic rings. The van der Waals surface area contributed by atoms with Gasteiger partial charge < -0.3 is 4.74 Å². The van der Waals surface area contributed by atoms with E-state index in [1.165, 1.54) is 0 Å². The molecule has 1 heterocycles. The van der Waals surface area contributed by atoms with Crippen LogP contribution in [0.3, 0.4) is 0 Å². The average Bonchev–Trinajstić information content (AvgIpc) is 2.16. The molecule has 3 nitrogen and oxygen atoms in total. The van der Waals surface area contributed by atoms with Crippen molar-refractivity contribution in [2.75, 3.05) is 0 Å². The van der Waals surface area contributed by atoms with Gasteiger partial charge in [0.15, 0.2) is 5.60 Å². The topological polar surface area (TPSA) is 50.1 Å². The lowest BCUT2D eigenvalue weighted by molar-refractivity contribution is 0.00851. The quantitative estimate of drug-likeness (QED) is 0.632. The molecule has 4 heteroatoms. The van der Waals surface area contributed by atoms with Gasteiger partial charge in [-0.05, 0) is 30.7 Å². The van der Waals surface area contributed by atoms with Crippen molar-refractivity contribution < 1.29 is 9.53 Å². The van der Waals surface area contributed by atoms with E-state index in [0.717, 1.165) is 5.56 Å². The molecule has 1 unspecified atom stereocenters. The minimum absolute atomic E-state index is 0.380. The summed E-state index contributed by atoms with van der Waals surface area (Å²) >= 11 is 5.83. The molecule has 0 saturated carbocycles. The summed E-state index contributed by atoms with van der Waals surface area (Å²) < 4.78 is 5.05. The maximum absolute atomic E-state index is 11.6. The Hall–Kier alpha value is -1.53. The van der Waals surface area contributed by atoms with Gasteiger partial charge in [0.25, 0.3) is 0 Å². The van der Waals surface area contributed by atoms with E-state index in [2.05, 4.69) is 0 Å². The number of ether oxygens (including phenoxy) is 1. The molecule has 15 heavy (non-hydrogen) atoms. The summed E-state index contributed by atoms with van der Waals surface area (Å²) in [6, 6.07) is 6.94. The number of carbonyl (C=O) groups excluding carboxylic acids is 1. The molecule has 2 rings (SSSR count). The molecule has 1 aliphatic heterocycles. The van der Waals surface area contributed by atoms with Gasteiger partial charge in [-0.25, -0.2) is 4.79 Å². The fourth-order valence-corrected chi connectivity index (χ4v) is 1.82. The van der Waals surface area contributed by atoms with Crippen LogP contribution in [-0.4, -0.2) is 11.6 Å². The first-order valence-electron chi connectivity index (χ1n) is 4.47. The number of halogens is 1. The number of nitrogens with zero attached hydrogens (tertiary/aromatic N) is 1. The van der Waals surface area contributed by atoms with Crippen LogP contribution in [0.25, 0.3) is 0 Å². The van der Waals surface area contributed by atoms with E-state index in [1.54, 1.807) is 25.1 Å². The van der Waals surface area contributed by atoms with Gasteiger partial charge in [-0.15, -0.1) is 0 Å². The number of hydrogen-bond donors (Lipinski definition) is 0. The normalized spacial score (nSPS) is 23.9. The minimum Gasteiger partial charge on any atom is -0.440 e. The average molecular weight is 222 g/mol. The third-order valence-electron chi connectivity index (χ3n) is 2.37. The number of hydrogen-bond acceptors (Lipinski definition) is 3. The van der Waals surface area contributed by atoms with Gasteiger partial charge in [0.2, 0.25) is 0 Å². The molecule has 0 aromatic heterocycles. The Balaban J connectivity index is 2.52. The Morgan fingerprint density at radius 1 is 1.60 bits per heavy atom. The second-order valence-electron chi connectivity index (χ2n) is 3.71. The van der Waals surface area contributed by atoms with Crippen LogP contribution in [0.15, 0.2) is 18.2 Å². The third-order valence-corrected chi connectivity index (χ3v) is 2.60. The van der Waals surface area contributed by atoms with E-state index in [-0.39, 0.29) is 0 Å². The van der Waals surface area contributed by atoms with Crippen molar-refractivity contribution in [3.63, 3.8) is 0 Å². The van der Waals surface area contributed by atoms with Crippen molar-refractivity contribution in [1.82, 2.24) is 0 Å². The zero-order valence-electron chi connectivity index (χ0n) is 8.08. The van der Waals surface area contributed by atoms with Crippen LogP contribution in [0.2, 0.25) is 5.02 Å². The molecular weight excluding hydrogens is 214 g/mol. The van der Waals surface area contributed by atoms with Gasteiger partial charge in [0, 0.05) is 11.4 Å². The van der Waals surface area contributed by atoms with Crippen LogP contribution in [0, 0.1) is 11.3 Å². The number of nitriles is 1. The molecule has 0 fully saturated rings. The standard InChI is InChI=1S/C11H8ClNO2/c1-11(6-13)5-7-4-8(12)2-3-9(7)10(14)15-11/h2-4H,5H2,1H3. The van der Waals surface area contributed by atoms with Crippen molar-refractivity contribution in [3.8, 4) is 6.07 Å². The zero-order valence-corrected chi connectivity index (χ0v) is 8.84. The van der Waals surface area contributed by atoms with Crippen LogP contribution in [-0.2, 0) is 11.2 Å². The molecule has 0 saturated heterocycles. The molecule has 0 N–H and O–H groups in total. The number of cyclic esters (lactones) is 1. The summed E-state index contributed by atoms with van der Waals surface area (Å²) in [5.41, 5.74) is 0.185. The first-order valence-corrected chi connectivity index (χ1v) is 4.85. The predicted octanol–water partition coefficient (Wildman–Crippen LogP) is 2.34. The Labute approximate surface area is 92.2 Å². The second kappa shape index (κ2) is 3.25. The van der Waals surface area contributed by atoms with Gasteiger partial charge in [-0.2, -0.15) is 5.26 Å². The lowest BCUT2D eigenvalue weighted by atomic mass is 9.91. The fourth-order valence-electron chi connectivity index (χ4n) is 1.63. The Bertz CT molecular complexity index is 478. The van der Waals surface area contributed by atoms with Crippen molar-refractivity contribution in [1.29, 1.82) is 5.26 Å². The monoisotopic (exact) mass is 221 g/mol. The molecule has 0 spiro atoms. The second-order valence-corrected chi connectivity index (χ2v) is 4.15. The first-order chi connectivity index (χ1) is 7.04. The summed E-state index contributed by atoms with van der Waals surface area (Å²) in [5, 5.41) is 9.46. The van der Waals surface area contributed by atoms with Crippen molar-refractivity contribution in [2.45, 2.75) is 18.9 Å². The number of fused-ring (bicyclic) bond motifs is 1. The first kappa shape index (κ1) is 10.0. The number of benzene rings is 1. The van der Waals surface area contributed by atoms with Crippen LogP contribution in [0.5, 0.6) is 0 Å². The fraction of sp³-hybridized carbons (Fsp3) is 0.273. The SMILES string of the molecule is CC1(C#N)Cc2cc(Cl)ccc2C(=O)O1. The van der Waals surface area contributed by atoms with Gasteiger partial charge in [0.05, 0.1) is 5.56 Å². The largest absolute Gasteiger partial charge is 0.440 e. The number of esters is 1. The summed E-state index contributed by atoms with van der Waals surface area (Å²) in [5.74, 6) is -0.461. The maximum Gasteiger partial charge on any atom is 0.340 e. The van der Waals surface area contributed by atoms with E-state index in [9.17, 15) is 4.79 Å². The highest BCUT2D eigenvalue weighted by Gasteiger charge is 2.36. The number of carbonyl (C=O) groups is 1. The van der Waals surface area contributed by atoms with E-state index in [4.69, 9.17) is 21.6 Å². The Kier molecular flexibility index (Phi) is 2.17. The molecule has 1 aromatic carbocycles. The van der Waals surface area contributed by atoms with Crippen LogP contribution < -0.4 is 0 Å². The van der Waals surface area contributed by atoms with E-state index >= 15 is 0 Å². The molecule has 0 amide bonds. The summed E-state index contributed by atoms with van der Waals surface area (Å²) in [6.45, 7) is 1.59. The van der Waals surface area contributed by atoms with Gasteiger partial charge in [-0.3, -0.25) is 0 Å². The number of rotatable bonds is 0. The molecule has 0 aliphatic carbocycles. The zero-order chi connectivity index (χ0) is 11.1. The van der Waals surface area contributed by atoms with E-state index in [0.29, 0.717) is 17.0 Å². The predicted molar refractivity (Wildman–Crippen MR) is 54.6 cm³/mol. The molecule has 0 radical (unpaired) electrons. The van der Waals surface area contributed by atoms with Crippen LogP contribution >= 0.6 is 11.6 Å². The highest BCUT2D eigenvalue weighted by atomic mass is 35.5. The van der Waals surface area contributed by atoms with Gasteiger partial charge >= 0.3 is 5.97 Å². The van der Waals surface area contributed by atoms with Gasteiger partial charge in [-0.1, -0.05) is 11.6 Å². The molecule has 1 atom stereocenters. The van der Waals surface area contributed by atoms with E-state index < -0.39 is 11.6 Å². The lowest BCUT2D eigenvalue weighted by Gasteiger charge is -2.28. The van der Waals surface area contributed by atoms with Crippen molar-refractivity contribution in [3.05, 3.63) is 34.3 Å². The van der Waals surface area contributed by atoms with Crippen LogP contribution in [0.1, 0.15) is 22.8 Å². The third kappa shape index (κ3) is 1.69. The Morgan fingerprint density at radius 2 is 2.33 bits per heavy atom. The summed E-state index contributed by atoms with van der Waals surface area (Å²) in [7, 11) is 0. The smallest absolute Gasteiger partial charge is 0.340 e. The molecule has 1 aromatic rings. The minimum atomic E-state index is -1.07. The Morgan fingerprint density at radius 3 is 3.00 bits per heavy atom. The highest BCUT2D eigenvalue weighted by molar-refractivity contribution is 6.30. The maximum atomic E-state index is 11.6. The van der Waals surface area contributed by atoms with Crippen LogP contribution in [0.4, 0.5) is 0 Å². The summed E-state index contributed by atoms with van der Waals surface area (Å²) in [6.07, 6.45) is 0.380. The lowest BCUT2D eigenvalue weighted by Crippen LogP contribution is -2.37. The van der Waals surface area contributed by atoms with Crippen molar-refractivity contribution >= 4 is 17.6 Å². The molecule has 0 bridgehead atoms. The molecule has 76 valence electrons. The van der Waals surface area contributed by atoms with Gasteiger partial charge in [0.1, 0.15) is 6.07 Å². The van der Waals surface area contributed by atoms with E-state index in [1.807, 2.05) is 6.07 Å². The molecular formula is C11H8ClNO2.